The maximum absolute atomic E-state index is 12.8. The summed E-state index contributed by atoms with van der Waals surface area (Å²) in [4.78, 5) is 12.8. The SMILES string of the molecule is Cc1c(OC2C(C)(C)C(NC(=O)c3ccc(C(C)C)nn3)C2(C)C)ccc(C#N)c1Cl. The highest BCUT2D eigenvalue weighted by molar-refractivity contribution is 6.32. The summed E-state index contributed by atoms with van der Waals surface area (Å²) >= 11 is 6.31. The number of carbonyl (C=O) groups is 1. The molecule has 1 saturated carbocycles. The van der Waals surface area contributed by atoms with Crippen LogP contribution in [0.5, 0.6) is 5.75 Å². The van der Waals surface area contributed by atoms with Gasteiger partial charge in [-0.05, 0) is 37.1 Å². The molecular formula is C24H29ClN4O2. The molecule has 0 aliphatic heterocycles. The lowest BCUT2D eigenvalue weighted by atomic mass is 9.49. The number of carbonyl (C=O) groups excluding carboxylic acids is 1. The summed E-state index contributed by atoms with van der Waals surface area (Å²) in [5, 5.41) is 21.0. The van der Waals surface area contributed by atoms with Gasteiger partial charge in [0.05, 0.1) is 16.3 Å². The number of ether oxygens (including phenoxy) is 1. The summed E-state index contributed by atoms with van der Waals surface area (Å²) in [6.07, 6.45) is -0.164. The molecule has 3 rings (SSSR count). The number of amides is 1. The number of nitrogens with one attached hydrogen (secondary N) is 1. The van der Waals surface area contributed by atoms with Crippen LogP contribution in [0.15, 0.2) is 24.3 Å². The second kappa shape index (κ2) is 8.12. The highest BCUT2D eigenvalue weighted by atomic mass is 35.5. The van der Waals surface area contributed by atoms with Crippen LogP contribution in [0.3, 0.4) is 0 Å². The van der Waals surface area contributed by atoms with Crippen molar-refractivity contribution in [3.8, 4) is 11.8 Å². The normalized spacial score (nSPS) is 21.2. The van der Waals surface area contributed by atoms with Crippen molar-refractivity contribution in [3.05, 3.63) is 51.8 Å². The Morgan fingerprint density at radius 2 is 1.81 bits per heavy atom. The van der Waals surface area contributed by atoms with Gasteiger partial charge < -0.3 is 10.1 Å². The molecule has 1 heterocycles. The van der Waals surface area contributed by atoms with Gasteiger partial charge in [-0.2, -0.15) is 10.4 Å². The summed E-state index contributed by atoms with van der Waals surface area (Å²) in [6.45, 7) is 14.2. The first-order chi connectivity index (χ1) is 14.4. The lowest BCUT2D eigenvalue weighted by Gasteiger charge is -2.63. The van der Waals surface area contributed by atoms with E-state index >= 15 is 0 Å². The number of nitrogens with zero attached hydrogens (tertiary/aromatic N) is 3. The number of hydrogen-bond donors (Lipinski definition) is 1. The average Bonchev–Trinajstić information content (AvgIpc) is 2.72. The molecular weight excluding hydrogens is 412 g/mol. The van der Waals surface area contributed by atoms with Crippen LogP contribution in [0, 0.1) is 29.1 Å². The van der Waals surface area contributed by atoms with Crippen LogP contribution in [-0.2, 0) is 0 Å². The van der Waals surface area contributed by atoms with Crippen molar-refractivity contribution in [1.82, 2.24) is 15.5 Å². The topological polar surface area (TPSA) is 87.9 Å². The Morgan fingerprint density at radius 1 is 1.16 bits per heavy atom. The van der Waals surface area contributed by atoms with E-state index in [1.54, 1.807) is 18.2 Å². The van der Waals surface area contributed by atoms with Crippen LogP contribution < -0.4 is 10.1 Å². The molecule has 7 heteroatoms. The number of halogens is 1. The van der Waals surface area contributed by atoms with E-state index in [1.807, 2.05) is 26.8 Å². The molecule has 1 aliphatic carbocycles. The quantitative estimate of drug-likeness (QED) is 0.703. The molecule has 0 spiro atoms. The third-order valence-electron chi connectivity index (χ3n) is 6.33. The molecule has 0 unspecified atom stereocenters. The molecule has 2 aromatic rings. The maximum atomic E-state index is 12.8. The van der Waals surface area contributed by atoms with Crippen molar-refractivity contribution in [1.29, 1.82) is 5.26 Å². The Bertz CT molecular complexity index is 1020. The van der Waals surface area contributed by atoms with Gasteiger partial charge in [-0.25, -0.2) is 0 Å². The molecule has 1 aliphatic rings. The number of rotatable bonds is 5. The Kier molecular flexibility index (Phi) is 6.03. The maximum Gasteiger partial charge on any atom is 0.272 e. The van der Waals surface area contributed by atoms with Gasteiger partial charge in [-0.1, -0.05) is 53.1 Å². The van der Waals surface area contributed by atoms with Gasteiger partial charge in [-0.3, -0.25) is 4.79 Å². The van der Waals surface area contributed by atoms with Crippen LogP contribution in [0.25, 0.3) is 0 Å². The fraction of sp³-hybridized carbons (Fsp3) is 0.500. The van der Waals surface area contributed by atoms with Crippen LogP contribution in [0.4, 0.5) is 0 Å². The van der Waals surface area contributed by atoms with Crippen LogP contribution in [-0.4, -0.2) is 28.3 Å². The highest BCUT2D eigenvalue weighted by Gasteiger charge is 2.64. The van der Waals surface area contributed by atoms with Gasteiger partial charge in [-0.15, -0.1) is 5.10 Å². The Hall–Kier alpha value is -2.65. The van der Waals surface area contributed by atoms with E-state index < -0.39 is 0 Å². The first-order valence-electron chi connectivity index (χ1n) is 10.4. The van der Waals surface area contributed by atoms with Crippen molar-refractivity contribution in [3.63, 3.8) is 0 Å². The highest BCUT2D eigenvalue weighted by Crippen LogP contribution is 2.56. The zero-order chi connectivity index (χ0) is 23.1. The fourth-order valence-electron chi connectivity index (χ4n) is 4.78. The molecule has 6 nitrogen and oxygen atoms in total. The smallest absolute Gasteiger partial charge is 0.272 e. The fourth-order valence-corrected chi connectivity index (χ4v) is 4.98. The van der Waals surface area contributed by atoms with E-state index in [0.29, 0.717) is 22.0 Å². The Labute approximate surface area is 189 Å². The predicted molar refractivity (Wildman–Crippen MR) is 120 cm³/mol. The van der Waals surface area contributed by atoms with E-state index in [1.165, 1.54) is 0 Å². The number of benzene rings is 1. The minimum atomic E-state index is -0.336. The second-order valence-electron chi connectivity index (χ2n) is 9.71. The zero-order valence-electron chi connectivity index (χ0n) is 19.1. The van der Waals surface area contributed by atoms with Gasteiger partial charge in [0.2, 0.25) is 0 Å². The standard InChI is InChI=1S/C24H29ClN4O2/c1-13(2)16-9-10-17(29-28-16)20(30)27-21-23(4,5)22(24(21,6)7)31-18-11-8-15(12-26)19(25)14(18)3/h8-11,13,21-22H,1-7H3,(H,27,30). The molecule has 164 valence electrons. The molecule has 0 saturated heterocycles. The average molecular weight is 441 g/mol. The van der Waals surface area contributed by atoms with E-state index in [2.05, 4.69) is 49.3 Å². The third kappa shape index (κ3) is 3.99. The molecule has 1 aromatic carbocycles. The molecule has 1 aromatic heterocycles. The Morgan fingerprint density at radius 3 is 2.32 bits per heavy atom. The first kappa shape index (κ1) is 23.0. The van der Waals surface area contributed by atoms with Gasteiger partial charge >= 0.3 is 0 Å². The first-order valence-corrected chi connectivity index (χ1v) is 10.8. The zero-order valence-corrected chi connectivity index (χ0v) is 19.8. The molecule has 1 fully saturated rings. The van der Waals surface area contributed by atoms with E-state index in [-0.39, 0.29) is 34.8 Å². The summed E-state index contributed by atoms with van der Waals surface area (Å²) < 4.78 is 6.38. The van der Waals surface area contributed by atoms with Gasteiger partial charge in [0.15, 0.2) is 5.69 Å². The van der Waals surface area contributed by atoms with E-state index in [0.717, 1.165) is 11.3 Å². The largest absolute Gasteiger partial charge is 0.489 e. The molecule has 0 atom stereocenters. The summed E-state index contributed by atoms with van der Waals surface area (Å²) in [7, 11) is 0. The molecule has 0 radical (unpaired) electrons. The minimum absolute atomic E-state index is 0.127. The van der Waals surface area contributed by atoms with Crippen molar-refractivity contribution in [2.75, 3.05) is 0 Å². The summed E-state index contributed by atoms with van der Waals surface area (Å²) in [6, 6.07) is 8.96. The number of hydrogen-bond acceptors (Lipinski definition) is 5. The summed E-state index contributed by atoms with van der Waals surface area (Å²) in [5.41, 5.74) is 1.64. The number of nitriles is 1. The van der Waals surface area contributed by atoms with Gasteiger partial charge in [0.25, 0.3) is 5.91 Å². The number of aromatic nitrogens is 2. The Balaban J connectivity index is 1.77. The molecule has 1 amide bonds. The van der Waals surface area contributed by atoms with Crippen molar-refractivity contribution in [2.24, 2.45) is 10.8 Å². The minimum Gasteiger partial charge on any atom is -0.489 e. The lowest BCUT2D eigenvalue weighted by Crippen LogP contribution is -2.74. The van der Waals surface area contributed by atoms with Crippen molar-refractivity contribution < 1.29 is 9.53 Å². The van der Waals surface area contributed by atoms with Crippen molar-refractivity contribution >= 4 is 17.5 Å². The molecule has 31 heavy (non-hydrogen) atoms. The monoisotopic (exact) mass is 440 g/mol. The van der Waals surface area contributed by atoms with Gasteiger partial charge in [0.1, 0.15) is 17.9 Å². The van der Waals surface area contributed by atoms with E-state index in [9.17, 15) is 4.79 Å². The summed E-state index contributed by atoms with van der Waals surface area (Å²) in [5.74, 6) is 0.659. The van der Waals surface area contributed by atoms with Crippen LogP contribution in [0.1, 0.15) is 74.8 Å². The third-order valence-corrected chi connectivity index (χ3v) is 6.81. The molecule has 0 bridgehead atoms. The second-order valence-corrected chi connectivity index (χ2v) is 10.1. The lowest BCUT2D eigenvalue weighted by molar-refractivity contribution is -0.164. The van der Waals surface area contributed by atoms with Gasteiger partial charge in [0, 0.05) is 22.4 Å². The predicted octanol–water partition coefficient (Wildman–Crippen LogP) is 5.05. The van der Waals surface area contributed by atoms with Crippen LogP contribution in [0.2, 0.25) is 5.02 Å². The molecule has 1 N–H and O–H groups in total. The van der Waals surface area contributed by atoms with Crippen LogP contribution >= 0.6 is 11.6 Å². The van der Waals surface area contributed by atoms with Crippen molar-refractivity contribution in [2.45, 2.75) is 66.5 Å². The van der Waals surface area contributed by atoms with E-state index in [4.69, 9.17) is 21.6 Å².